The minimum atomic E-state index is -0.348. The van der Waals surface area contributed by atoms with Crippen molar-refractivity contribution in [1.29, 1.82) is 0 Å². The number of aromatic amines is 1. The molecule has 0 saturated carbocycles. The molecule has 1 aliphatic rings. The lowest BCUT2D eigenvalue weighted by Gasteiger charge is -2.27. The Balaban J connectivity index is 1.57. The summed E-state index contributed by atoms with van der Waals surface area (Å²) in [7, 11) is 1.37. The number of ether oxygens (including phenoxy) is 1. The maximum absolute atomic E-state index is 12.5. The summed E-state index contributed by atoms with van der Waals surface area (Å²) in [6.07, 6.45) is 2.31. The van der Waals surface area contributed by atoms with E-state index in [4.69, 9.17) is 4.74 Å². The predicted octanol–water partition coefficient (Wildman–Crippen LogP) is 2.18. The minimum Gasteiger partial charge on any atom is -0.465 e. The summed E-state index contributed by atoms with van der Waals surface area (Å²) >= 11 is 0. The molecule has 0 saturated heterocycles. The molecule has 0 fully saturated rings. The third-order valence-corrected chi connectivity index (χ3v) is 4.81. The van der Waals surface area contributed by atoms with E-state index in [1.807, 2.05) is 36.4 Å². The van der Waals surface area contributed by atoms with Gasteiger partial charge in [0.1, 0.15) is 5.69 Å². The number of benzene rings is 1. The molecule has 0 spiro atoms. The molecule has 0 unspecified atom stereocenters. The highest BCUT2D eigenvalue weighted by Gasteiger charge is 2.22. The standard InChI is InChI=1S/C21H20N4O3/c1-28-21(27)15-6-4-5-14(11-15)12-25-10-8-16-18(13-25)23-19(24-20(16)26)17-7-2-3-9-22-17/h2-7,9,11H,8,10,12-13H2,1H3,(H,23,24,26). The van der Waals surface area contributed by atoms with Gasteiger partial charge in [-0.05, 0) is 36.2 Å². The van der Waals surface area contributed by atoms with Crippen LogP contribution >= 0.6 is 0 Å². The summed E-state index contributed by atoms with van der Waals surface area (Å²) in [5, 5.41) is 0. The van der Waals surface area contributed by atoms with Gasteiger partial charge in [-0.2, -0.15) is 0 Å². The van der Waals surface area contributed by atoms with Crippen LogP contribution < -0.4 is 5.56 Å². The Bertz CT molecular complexity index is 1060. The number of hydrogen-bond acceptors (Lipinski definition) is 6. The molecule has 7 nitrogen and oxygen atoms in total. The van der Waals surface area contributed by atoms with E-state index in [9.17, 15) is 9.59 Å². The molecule has 3 aromatic rings. The van der Waals surface area contributed by atoms with Crippen LogP contribution in [-0.2, 0) is 24.2 Å². The van der Waals surface area contributed by atoms with Crippen molar-refractivity contribution in [2.45, 2.75) is 19.5 Å². The summed E-state index contributed by atoms with van der Waals surface area (Å²) < 4.78 is 4.79. The van der Waals surface area contributed by atoms with Crippen molar-refractivity contribution in [2.24, 2.45) is 0 Å². The Morgan fingerprint density at radius 2 is 2.14 bits per heavy atom. The first-order chi connectivity index (χ1) is 13.6. The molecular weight excluding hydrogens is 356 g/mol. The quantitative estimate of drug-likeness (QED) is 0.702. The number of rotatable bonds is 4. The van der Waals surface area contributed by atoms with Crippen LogP contribution in [0.4, 0.5) is 0 Å². The molecule has 0 atom stereocenters. The fraction of sp³-hybridized carbons (Fsp3) is 0.238. The summed E-state index contributed by atoms with van der Waals surface area (Å²) in [4.78, 5) is 38.2. The minimum absolute atomic E-state index is 0.0991. The third-order valence-electron chi connectivity index (χ3n) is 4.81. The van der Waals surface area contributed by atoms with E-state index in [1.165, 1.54) is 7.11 Å². The average molecular weight is 376 g/mol. The number of pyridine rings is 1. The Labute approximate surface area is 162 Å². The predicted molar refractivity (Wildman–Crippen MR) is 104 cm³/mol. The van der Waals surface area contributed by atoms with Gasteiger partial charge in [-0.15, -0.1) is 0 Å². The summed E-state index contributed by atoms with van der Waals surface area (Å²) in [6.45, 7) is 1.99. The van der Waals surface area contributed by atoms with Crippen LogP contribution in [-0.4, -0.2) is 39.5 Å². The van der Waals surface area contributed by atoms with Crippen molar-refractivity contribution in [1.82, 2.24) is 19.9 Å². The van der Waals surface area contributed by atoms with Crippen LogP contribution in [0.25, 0.3) is 11.5 Å². The number of carbonyl (C=O) groups excluding carboxylic acids is 1. The number of H-pyrrole nitrogens is 1. The van der Waals surface area contributed by atoms with Gasteiger partial charge in [-0.3, -0.25) is 14.7 Å². The van der Waals surface area contributed by atoms with Crippen LogP contribution in [0.1, 0.15) is 27.2 Å². The second kappa shape index (κ2) is 7.74. The zero-order valence-electron chi connectivity index (χ0n) is 15.5. The van der Waals surface area contributed by atoms with E-state index in [0.717, 1.165) is 23.4 Å². The molecule has 1 N–H and O–H groups in total. The first kappa shape index (κ1) is 18.1. The normalized spacial score (nSPS) is 13.8. The van der Waals surface area contributed by atoms with Gasteiger partial charge in [-0.1, -0.05) is 18.2 Å². The third kappa shape index (κ3) is 3.70. The monoisotopic (exact) mass is 376 g/mol. The second-order valence-electron chi connectivity index (χ2n) is 6.71. The summed E-state index contributed by atoms with van der Waals surface area (Å²) in [6, 6.07) is 12.9. The highest BCUT2D eigenvalue weighted by molar-refractivity contribution is 5.89. The van der Waals surface area contributed by atoms with Crippen molar-refractivity contribution >= 4 is 5.97 Å². The highest BCUT2D eigenvalue weighted by atomic mass is 16.5. The molecule has 142 valence electrons. The van der Waals surface area contributed by atoms with Gasteiger partial charge in [0, 0.05) is 31.4 Å². The van der Waals surface area contributed by atoms with E-state index >= 15 is 0 Å². The Hall–Kier alpha value is -3.32. The molecule has 0 bridgehead atoms. The van der Waals surface area contributed by atoms with Crippen LogP contribution in [0.2, 0.25) is 0 Å². The molecule has 0 amide bonds. The van der Waals surface area contributed by atoms with Crippen molar-refractivity contribution in [3.05, 3.63) is 81.4 Å². The lowest BCUT2D eigenvalue weighted by molar-refractivity contribution is 0.0600. The van der Waals surface area contributed by atoms with E-state index in [1.54, 1.807) is 12.3 Å². The molecule has 1 aliphatic heterocycles. The zero-order chi connectivity index (χ0) is 19.5. The summed E-state index contributed by atoms with van der Waals surface area (Å²) in [5.74, 6) is 0.137. The molecule has 0 radical (unpaired) electrons. The smallest absolute Gasteiger partial charge is 0.337 e. The van der Waals surface area contributed by atoms with Gasteiger partial charge in [0.05, 0.1) is 18.4 Å². The molecule has 4 rings (SSSR count). The zero-order valence-corrected chi connectivity index (χ0v) is 15.5. The number of nitrogens with one attached hydrogen (secondary N) is 1. The Morgan fingerprint density at radius 1 is 1.25 bits per heavy atom. The molecule has 3 heterocycles. The molecule has 0 aliphatic carbocycles. The molecule has 2 aromatic heterocycles. The number of methoxy groups -OCH3 is 1. The molecule has 1 aromatic carbocycles. The van der Waals surface area contributed by atoms with E-state index < -0.39 is 0 Å². The number of hydrogen-bond donors (Lipinski definition) is 1. The Morgan fingerprint density at radius 3 is 2.93 bits per heavy atom. The van der Waals surface area contributed by atoms with Crippen LogP contribution in [0.5, 0.6) is 0 Å². The molecule has 7 heteroatoms. The summed E-state index contributed by atoms with van der Waals surface area (Å²) in [5.41, 5.74) is 3.60. The average Bonchev–Trinajstić information content (AvgIpc) is 2.73. The largest absolute Gasteiger partial charge is 0.465 e. The maximum atomic E-state index is 12.5. The van der Waals surface area contributed by atoms with E-state index in [2.05, 4.69) is 19.9 Å². The second-order valence-corrected chi connectivity index (χ2v) is 6.71. The van der Waals surface area contributed by atoms with Crippen molar-refractivity contribution in [2.75, 3.05) is 13.7 Å². The fourth-order valence-corrected chi connectivity index (χ4v) is 3.43. The molecular formula is C21H20N4O3. The number of fused-ring (bicyclic) bond motifs is 1. The van der Waals surface area contributed by atoms with Gasteiger partial charge in [0.25, 0.3) is 5.56 Å². The van der Waals surface area contributed by atoms with Crippen molar-refractivity contribution in [3.8, 4) is 11.5 Å². The van der Waals surface area contributed by atoms with Gasteiger partial charge in [0.2, 0.25) is 0 Å². The number of esters is 1. The van der Waals surface area contributed by atoms with E-state index in [-0.39, 0.29) is 11.5 Å². The van der Waals surface area contributed by atoms with Crippen molar-refractivity contribution in [3.63, 3.8) is 0 Å². The topological polar surface area (TPSA) is 88.2 Å². The number of nitrogens with zero attached hydrogens (tertiary/aromatic N) is 3. The van der Waals surface area contributed by atoms with Crippen LogP contribution in [0.3, 0.4) is 0 Å². The van der Waals surface area contributed by atoms with Crippen LogP contribution in [0, 0.1) is 0 Å². The van der Waals surface area contributed by atoms with Gasteiger partial charge in [0.15, 0.2) is 5.82 Å². The first-order valence-electron chi connectivity index (χ1n) is 9.07. The number of carbonyl (C=O) groups is 1. The first-order valence-corrected chi connectivity index (χ1v) is 9.07. The molecule has 28 heavy (non-hydrogen) atoms. The van der Waals surface area contributed by atoms with Gasteiger partial charge >= 0.3 is 5.97 Å². The van der Waals surface area contributed by atoms with Crippen molar-refractivity contribution < 1.29 is 9.53 Å². The van der Waals surface area contributed by atoms with Gasteiger partial charge < -0.3 is 9.72 Å². The maximum Gasteiger partial charge on any atom is 0.337 e. The SMILES string of the molecule is COC(=O)c1cccc(CN2CCc3c(nc(-c4ccccn4)[nH]c3=O)C2)c1. The van der Waals surface area contributed by atoms with E-state index in [0.29, 0.717) is 36.6 Å². The highest BCUT2D eigenvalue weighted by Crippen LogP contribution is 2.19. The van der Waals surface area contributed by atoms with Gasteiger partial charge in [-0.25, -0.2) is 9.78 Å². The lowest BCUT2D eigenvalue weighted by atomic mass is 10.0. The van der Waals surface area contributed by atoms with Crippen LogP contribution in [0.15, 0.2) is 53.5 Å². The fourth-order valence-electron chi connectivity index (χ4n) is 3.43. The number of aromatic nitrogens is 3. The lowest BCUT2D eigenvalue weighted by Crippen LogP contribution is -2.35. The Kier molecular flexibility index (Phi) is 4.99.